The van der Waals surface area contributed by atoms with Gasteiger partial charge in [0.25, 0.3) is 0 Å². The van der Waals surface area contributed by atoms with E-state index >= 15 is 0 Å². The Balaban J connectivity index is 1.79. The van der Waals surface area contributed by atoms with Crippen LogP contribution in [0.25, 0.3) is 37.9 Å². The van der Waals surface area contributed by atoms with Crippen molar-refractivity contribution in [3.8, 4) is 16.8 Å². The van der Waals surface area contributed by atoms with Crippen molar-refractivity contribution in [3.05, 3.63) is 88.7 Å². The lowest BCUT2D eigenvalue weighted by molar-refractivity contribution is 1.19. The SMILES string of the molecule is Brc1ccc(-c2ccc3c(c2)c2ccsc2n3-c2ccccc2)cc1. The summed E-state index contributed by atoms with van der Waals surface area (Å²) in [5.41, 5.74) is 4.95. The van der Waals surface area contributed by atoms with Gasteiger partial charge in [0, 0.05) is 20.9 Å². The van der Waals surface area contributed by atoms with Crippen LogP contribution in [0.4, 0.5) is 0 Å². The average Bonchev–Trinajstić information content (AvgIpc) is 3.23. The van der Waals surface area contributed by atoms with Crippen LogP contribution in [-0.2, 0) is 0 Å². The van der Waals surface area contributed by atoms with Crippen molar-refractivity contribution < 1.29 is 0 Å². The normalized spacial score (nSPS) is 11.4. The fraction of sp³-hybridized carbons (Fsp3) is 0. The Hall–Kier alpha value is -2.36. The highest BCUT2D eigenvalue weighted by Crippen LogP contribution is 2.37. The number of fused-ring (bicyclic) bond motifs is 3. The van der Waals surface area contributed by atoms with Gasteiger partial charge in [0.15, 0.2) is 0 Å². The number of thiophene rings is 1. The monoisotopic (exact) mass is 403 g/mol. The summed E-state index contributed by atoms with van der Waals surface area (Å²) in [6, 6.07) is 28.1. The highest BCUT2D eigenvalue weighted by Gasteiger charge is 2.14. The molecule has 5 rings (SSSR count). The highest BCUT2D eigenvalue weighted by atomic mass is 79.9. The molecule has 0 saturated carbocycles. The van der Waals surface area contributed by atoms with Gasteiger partial charge in [0.2, 0.25) is 0 Å². The Labute approximate surface area is 158 Å². The molecule has 5 aromatic rings. The second-order valence-corrected chi connectivity index (χ2v) is 7.86. The summed E-state index contributed by atoms with van der Waals surface area (Å²) in [5.74, 6) is 0. The molecule has 2 heterocycles. The van der Waals surface area contributed by atoms with E-state index in [0.29, 0.717) is 0 Å². The lowest BCUT2D eigenvalue weighted by Gasteiger charge is -2.07. The third-order valence-electron chi connectivity index (χ3n) is 4.57. The number of para-hydroxylation sites is 1. The molecule has 0 aliphatic rings. The summed E-state index contributed by atoms with van der Waals surface area (Å²) in [6.07, 6.45) is 0. The molecule has 3 heteroatoms. The van der Waals surface area contributed by atoms with E-state index in [2.05, 4.69) is 105 Å². The minimum Gasteiger partial charge on any atom is -0.301 e. The fourth-order valence-electron chi connectivity index (χ4n) is 3.39. The van der Waals surface area contributed by atoms with Crippen LogP contribution in [0.5, 0.6) is 0 Å². The predicted octanol–water partition coefficient (Wildman–Crippen LogP) is 7.27. The van der Waals surface area contributed by atoms with Gasteiger partial charge < -0.3 is 4.57 Å². The van der Waals surface area contributed by atoms with Gasteiger partial charge in [-0.15, -0.1) is 11.3 Å². The number of rotatable bonds is 2. The number of halogens is 1. The van der Waals surface area contributed by atoms with Crippen molar-refractivity contribution >= 4 is 48.4 Å². The Morgan fingerprint density at radius 1 is 0.720 bits per heavy atom. The van der Waals surface area contributed by atoms with Gasteiger partial charge in [-0.3, -0.25) is 0 Å². The zero-order valence-corrected chi connectivity index (χ0v) is 15.7. The van der Waals surface area contributed by atoms with Crippen molar-refractivity contribution in [2.24, 2.45) is 0 Å². The molecule has 0 aliphatic carbocycles. The molecule has 25 heavy (non-hydrogen) atoms. The Morgan fingerprint density at radius 2 is 1.48 bits per heavy atom. The Kier molecular flexibility index (Phi) is 3.51. The molecular formula is C22H14BrNS. The third-order valence-corrected chi connectivity index (χ3v) is 5.99. The van der Waals surface area contributed by atoms with E-state index in [1.807, 2.05) is 0 Å². The summed E-state index contributed by atoms with van der Waals surface area (Å²) in [5, 5.41) is 4.80. The third kappa shape index (κ3) is 2.43. The van der Waals surface area contributed by atoms with Gasteiger partial charge in [-0.25, -0.2) is 0 Å². The first-order valence-electron chi connectivity index (χ1n) is 8.14. The molecule has 120 valence electrons. The predicted molar refractivity (Wildman–Crippen MR) is 112 cm³/mol. The first-order chi connectivity index (χ1) is 12.3. The maximum absolute atomic E-state index is 3.51. The van der Waals surface area contributed by atoms with Crippen LogP contribution in [0.2, 0.25) is 0 Å². The maximum Gasteiger partial charge on any atom is 0.108 e. The van der Waals surface area contributed by atoms with E-state index in [9.17, 15) is 0 Å². The molecule has 0 bridgehead atoms. The first-order valence-corrected chi connectivity index (χ1v) is 9.81. The van der Waals surface area contributed by atoms with Crippen LogP contribution in [0.1, 0.15) is 0 Å². The van der Waals surface area contributed by atoms with Crippen molar-refractivity contribution in [3.63, 3.8) is 0 Å². The average molecular weight is 404 g/mol. The van der Waals surface area contributed by atoms with Crippen molar-refractivity contribution in [1.29, 1.82) is 0 Å². The molecular weight excluding hydrogens is 390 g/mol. The van der Waals surface area contributed by atoms with Crippen LogP contribution >= 0.6 is 27.3 Å². The van der Waals surface area contributed by atoms with E-state index in [0.717, 1.165) is 4.47 Å². The highest BCUT2D eigenvalue weighted by molar-refractivity contribution is 9.10. The van der Waals surface area contributed by atoms with Crippen molar-refractivity contribution in [2.45, 2.75) is 0 Å². The van der Waals surface area contributed by atoms with Gasteiger partial charge >= 0.3 is 0 Å². The maximum atomic E-state index is 3.51. The molecule has 0 aliphatic heterocycles. The fourth-order valence-corrected chi connectivity index (χ4v) is 4.60. The Morgan fingerprint density at radius 3 is 2.28 bits per heavy atom. The summed E-state index contributed by atoms with van der Waals surface area (Å²) in [6.45, 7) is 0. The van der Waals surface area contributed by atoms with Crippen LogP contribution in [0, 0.1) is 0 Å². The van der Waals surface area contributed by atoms with Gasteiger partial charge in [-0.1, -0.05) is 52.3 Å². The standard InChI is InChI=1S/C22H14BrNS/c23-17-9-6-15(7-10-17)16-8-11-21-20(14-16)19-12-13-25-22(19)24(21)18-4-2-1-3-5-18/h1-14H. The minimum absolute atomic E-state index is 1.10. The zero-order chi connectivity index (χ0) is 16.8. The molecule has 0 saturated heterocycles. The van der Waals surface area contributed by atoms with Crippen LogP contribution in [-0.4, -0.2) is 4.57 Å². The molecule has 0 atom stereocenters. The van der Waals surface area contributed by atoms with Gasteiger partial charge in [-0.05, 0) is 59.0 Å². The van der Waals surface area contributed by atoms with Crippen molar-refractivity contribution in [2.75, 3.05) is 0 Å². The van der Waals surface area contributed by atoms with Crippen LogP contribution in [0.3, 0.4) is 0 Å². The first kappa shape index (κ1) is 14.9. The topological polar surface area (TPSA) is 4.93 Å². The largest absolute Gasteiger partial charge is 0.301 e. The molecule has 0 radical (unpaired) electrons. The van der Waals surface area contributed by atoms with Crippen LogP contribution in [0.15, 0.2) is 88.7 Å². The molecule has 0 amide bonds. The number of hydrogen-bond acceptors (Lipinski definition) is 1. The van der Waals surface area contributed by atoms with E-state index in [4.69, 9.17) is 0 Å². The number of benzene rings is 3. The summed E-state index contributed by atoms with van der Waals surface area (Å²) in [7, 11) is 0. The van der Waals surface area contributed by atoms with Gasteiger partial charge in [0.1, 0.15) is 4.83 Å². The Bertz CT molecular complexity index is 1180. The van der Waals surface area contributed by atoms with Crippen molar-refractivity contribution in [1.82, 2.24) is 4.57 Å². The molecule has 1 nitrogen and oxygen atoms in total. The smallest absolute Gasteiger partial charge is 0.108 e. The summed E-state index contributed by atoms with van der Waals surface area (Å²) in [4.78, 5) is 1.30. The van der Waals surface area contributed by atoms with Gasteiger partial charge in [-0.2, -0.15) is 0 Å². The molecule has 0 fully saturated rings. The molecule has 0 unspecified atom stereocenters. The quantitative estimate of drug-likeness (QED) is 0.291. The molecule has 0 N–H and O–H groups in total. The number of aromatic nitrogens is 1. The lowest BCUT2D eigenvalue weighted by atomic mass is 10.0. The van der Waals surface area contributed by atoms with E-state index in [1.165, 1.54) is 37.9 Å². The second kappa shape index (κ2) is 5.87. The molecule has 3 aromatic carbocycles. The zero-order valence-electron chi connectivity index (χ0n) is 13.3. The number of nitrogens with zero attached hydrogens (tertiary/aromatic N) is 1. The number of hydrogen-bond donors (Lipinski definition) is 0. The minimum atomic E-state index is 1.10. The summed E-state index contributed by atoms with van der Waals surface area (Å²) >= 11 is 5.31. The molecule has 2 aromatic heterocycles. The van der Waals surface area contributed by atoms with E-state index in [1.54, 1.807) is 11.3 Å². The van der Waals surface area contributed by atoms with E-state index in [-0.39, 0.29) is 0 Å². The lowest BCUT2D eigenvalue weighted by Crippen LogP contribution is -1.91. The van der Waals surface area contributed by atoms with Crippen LogP contribution < -0.4 is 0 Å². The molecule has 0 spiro atoms. The summed E-state index contributed by atoms with van der Waals surface area (Å²) < 4.78 is 3.47. The van der Waals surface area contributed by atoms with E-state index < -0.39 is 0 Å². The second-order valence-electron chi connectivity index (χ2n) is 6.05. The van der Waals surface area contributed by atoms with Gasteiger partial charge in [0.05, 0.1) is 5.52 Å².